The molecule has 1 aromatic heterocycles. The van der Waals surface area contributed by atoms with E-state index in [2.05, 4.69) is 67.2 Å². The first kappa shape index (κ1) is 50.5. The number of methoxy groups -OCH3 is 1. The molecule has 63 heavy (non-hydrogen) atoms. The van der Waals surface area contributed by atoms with Crippen LogP contribution in [0.4, 0.5) is 28.3 Å². The normalized spacial score (nSPS) is 15.4. The van der Waals surface area contributed by atoms with Crippen LogP contribution in [0.1, 0.15) is 109 Å². The van der Waals surface area contributed by atoms with E-state index < -0.39 is 18.0 Å². The van der Waals surface area contributed by atoms with Gasteiger partial charge in [0.1, 0.15) is 12.3 Å². The number of benzene rings is 1. The number of piperidine rings is 1. The first-order chi connectivity index (χ1) is 30.5. The highest BCUT2D eigenvalue weighted by Crippen LogP contribution is 2.24. The summed E-state index contributed by atoms with van der Waals surface area (Å²) in [4.78, 5) is 81.2. The van der Waals surface area contributed by atoms with Gasteiger partial charge in [0.25, 0.3) is 0 Å². The van der Waals surface area contributed by atoms with Crippen molar-refractivity contribution in [1.29, 1.82) is 0 Å². The van der Waals surface area contributed by atoms with E-state index in [-0.39, 0.29) is 37.4 Å². The van der Waals surface area contributed by atoms with E-state index in [0.29, 0.717) is 38.0 Å². The van der Waals surface area contributed by atoms with Crippen LogP contribution in [0.2, 0.25) is 0 Å². The fourth-order valence-electron chi connectivity index (χ4n) is 7.80. The molecule has 4 rings (SSSR count). The Morgan fingerprint density at radius 2 is 1.44 bits per heavy atom. The number of aromatic nitrogens is 3. The molecule has 2 atom stereocenters. The quantitative estimate of drug-likeness (QED) is 0.0432. The Morgan fingerprint density at radius 1 is 0.810 bits per heavy atom. The Kier molecular flexibility index (Phi) is 22.9. The molecule has 2 fully saturated rings. The maximum Gasteiger partial charge on any atom is 0.326 e. The second-order valence-corrected chi connectivity index (χ2v) is 16.8. The number of likely N-dealkylation sites (N-methyl/N-ethyl adjacent to an activating group) is 1. The second-order valence-electron chi connectivity index (χ2n) is 16.8. The minimum Gasteiger partial charge on any atom is -0.480 e. The number of esters is 1. The number of hydrogen-bond donors (Lipinski definition) is 5. The lowest BCUT2D eigenvalue weighted by molar-refractivity contribution is -0.142. The molecule has 18 nitrogen and oxygen atoms in total. The summed E-state index contributed by atoms with van der Waals surface area (Å²) in [7, 11) is 3.35. The molecular formula is C45H73N11O7. The second kappa shape index (κ2) is 28.6. The van der Waals surface area contributed by atoms with Gasteiger partial charge in [0.05, 0.1) is 20.2 Å². The zero-order valence-electron chi connectivity index (χ0n) is 38.0. The molecule has 2 aliphatic heterocycles. The lowest BCUT2D eigenvalue weighted by Crippen LogP contribution is -2.47. The number of piperazine rings is 1. The summed E-state index contributed by atoms with van der Waals surface area (Å²) in [6.07, 6.45) is 15.7. The SMILES string of the molecule is COC(=O)CN(C)C(C)Cc1ccc(Nc2nc(N3CCCCC3)nc(N3CCN(CCCCCCCCCCC(=O)NCCCC[C@H](NC(=O)NCC=O)C(=O)O)CC3)n2)cc1. The molecule has 350 valence electrons. The number of nitrogens with zero attached hydrogens (tertiary/aromatic N) is 7. The van der Waals surface area contributed by atoms with Gasteiger partial charge in [0, 0.05) is 64.0 Å². The van der Waals surface area contributed by atoms with Gasteiger partial charge in [-0.3, -0.25) is 19.4 Å². The van der Waals surface area contributed by atoms with E-state index >= 15 is 0 Å². The van der Waals surface area contributed by atoms with Crippen molar-refractivity contribution in [3.05, 3.63) is 29.8 Å². The Labute approximate surface area is 373 Å². The highest BCUT2D eigenvalue weighted by atomic mass is 16.5. The molecule has 5 N–H and O–H groups in total. The van der Waals surface area contributed by atoms with Crippen LogP contribution in [0.15, 0.2) is 24.3 Å². The van der Waals surface area contributed by atoms with Crippen LogP contribution in [0, 0.1) is 0 Å². The van der Waals surface area contributed by atoms with E-state index in [1.807, 2.05) is 11.9 Å². The molecule has 0 spiro atoms. The van der Waals surface area contributed by atoms with E-state index in [1.165, 1.54) is 51.2 Å². The Hall–Kier alpha value is -5.10. The number of aliphatic carboxylic acids is 1. The summed E-state index contributed by atoms with van der Waals surface area (Å²) >= 11 is 0. The van der Waals surface area contributed by atoms with Crippen LogP contribution >= 0.6 is 0 Å². The topological polar surface area (TPSA) is 215 Å². The number of carbonyl (C=O) groups excluding carboxylic acids is 4. The molecule has 0 aliphatic carbocycles. The number of carbonyl (C=O) groups is 5. The van der Waals surface area contributed by atoms with Gasteiger partial charge in [0.15, 0.2) is 0 Å². The molecule has 3 heterocycles. The molecule has 1 aromatic carbocycles. The van der Waals surface area contributed by atoms with Gasteiger partial charge in [-0.05, 0) is 96.0 Å². The lowest BCUT2D eigenvalue weighted by Gasteiger charge is -2.35. The van der Waals surface area contributed by atoms with Gasteiger partial charge in [-0.1, -0.05) is 50.7 Å². The van der Waals surface area contributed by atoms with E-state index in [4.69, 9.17) is 19.7 Å². The number of rotatable bonds is 29. The fraction of sp³-hybridized carbons (Fsp3) is 0.689. The van der Waals surface area contributed by atoms with Gasteiger partial charge in [-0.25, -0.2) is 9.59 Å². The first-order valence-corrected chi connectivity index (χ1v) is 23.1. The minimum atomic E-state index is -1.14. The largest absolute Gasteiger partial charge is 0.480 e. The molecule has 18 heteroatoms. The third-order valence-corrected chi connectivity index (χ3v) is 11.8. The van der Waals surface area contributed by atoms with Gasteiger partial charge in [0.2, 0.25) is 23.8 Å². The number of amides is 3. The van der Waals surface area contributed by atoms with Crippen LogP contribution in [0.5, 0.6) is 0 Å². The number of carboxylic acids is 1. The molecule has 0 radical (unpaired) electrons. The Balaban J connectivity index is 1.08. The maximum atomic E-state index is 12.2. The van der Waals surface area contributed by atoms with Crippen molar-refractivity contribution in [2.24, 2.45) is 0 Å². The van der Waals surface area contributed by atoms with E-state index in [0.717, 1.165) is 102 Å². The zero-order valence-corrected chi connectivity index (χ0v) is 38.0. The number of ether oxygens (including phenoxy) is 1. The summed E-state index contributed by atoms with van der Waals surface area (Å²) in [6, 6.07) is 6.75. The van der Waals surface area contributed by atoms with Gasteiger partial charge < -0.3 is 45.7 Å². The van der Waals surface area contributed by atoms with Gasteiger partial charge in [-0.2, -0.15) is 15.0 Å². The van der Waals surface area contributed by atoms with E-state index in [9.17, 15) is 29.1 Å². The molecule has 0 saturated carbocycles. The molecule has 0 bridgehead atoms. The highest BCUT2D eigenvalue weighted by molar-refractivity contribution is 5.83. The summed E-state index contributed by atoms with van der Waals surface area (Å²) in [5.41, 5.74) is 2.09. The number of hydrogen-bond acceptors (Lipinski definition) is 14. The van der Waals surface area contributed by atoms with Crippen LogP contribution in [-0.4, -0.2) is 152 Å². The summed E-state index contributed by atoms with van der Waals surface area (Å²) < 4.78 is 4.82. The molecule has 2 saturated heterocycles. The maximum absolute atomic E-state index is 12.2. The Bertz CT molecular complexity index is 1690. The minimum absolute atomic E-state index is 0.0120. The number of carboxylic acid groups (broad SMARTS) is 1. The Morgan fingerprint density at radius 3 is 2.08 bits per heavy atom. The third-order valence-electron chi connectivity index (χ3n) is 11.8. The smallest absolute Gasteiger partial charge is 0.326 e. The summed E-state index contributed by atoms with van der Waals surface area (Å²) in [6.45, 7) is 9.34. The van der Waals surface area contributed by atoms with E-state index in [1.54, 1.807) is 0 Å². The van der Waals surface area contributed by atoms with Crippen LogP contribution < -0.4 is 31.1 Å². The molecule has 2 aliphatic rings. The standard InChI is InChI=1S/C45H73N11O7/c1-35(53(2)34-40(59)63-3)33-36-19-21-37(22-20-36)48-42-50-43(55-26-15-10-16-27-55)52-44(51-42)56-30-28-54(29-31-56)25-14-9-7-5-4-6-8-11-18-39(58)46-23-13-12-17-38(41(60)61)49-45(62)47-24-32-57/h19-22,32,35,38H,4-18,23-31,33-34H2,1-3H3,(H,46,58)(H,60,61)(H2,47,49,62)(H,48,50,51,52)/t35?,38-/m0/s1. The number of aldehydes is 1. The van der Waals surface area contributed by atoms with Crippen LogP contribution in [-0.2, 0) is 30.3 Å². The lowest BCUT2D eigenvalue weighted by atomic mass is 10.1. The van der Waals surface area contributed by atoms with Gasteiger partial charge >= 0.3 is 18.0 Å². The molecule has 1 unspecified atom stereocenters. The predicted octanol–water partition coefficient (Wildman–Crippen LogP) is 4.51. The predicted molar refractivity (Wildman–Crippen MR) is 245 cm³/mol. The van der Waals surface area contributed by atoms with Gasteiger partial charge in [-0.15, -0.1) is 0 Å². The number of nitrogens with one attached hydrogen (secondary N) is 4. The van der Waals surface area contributed by atoms with Crippen molar-refractivity contribution in [2.45, 2.75) is 122 Å². The number of urea groups is 1. The molecule has 2 aromatic rings. The average molecular weight is 880 g/mol. The van der Waals surface area contributed by atoms with Crippen molar-refractivity contribution in [3.63, 3.8) is 0 Å². The van der Waals surface area contributed by atoms with Crippen molar-refractivity contribution >= 4 is 53.7 Å². The van der Waals surface area contributed by atoms with Crippen LogP contribution in [0.3, 0.4) is 0 Å². The summed E-state index contributed by atoms with van der Waals surface area (Å²) in [5.74, 6) is 0.651. The molecule has 3 amide bonds. The number of unbranched alkanes of at least 4 members (excludes halogenated alkanes) is 8. The third kappa shape index (κ3) is 19.5. The van der Waals surface area contributed by atoms with Crippen molar-refractivity contribution in [2.75, 3.05) is 94.7 Å². The van der Waals surface area contributed by atoms with Crippen molar-refractivity contribution in [1.82, 2.24) is 40.7 Å². The average Bonchev–Trinajstić information content (AvgIpc) is 3.29. The number of anilines is 4. The fourth-order valence-corrected chi connectivity index (χ4v) is 7.80. The van der Waals surface area contributed by atoms with Crippen molar-refractivity contribution in [3.8, 4) is 0 Å². The summed E-state index contributed by atoms with van der Waals surface area (Å²) in [5, 5.41) is 20.3. The van der Waals surface area contributed by atoms with Crippen LogP contribution in [0.25, 0.3) is 0 Å². The monoisotopic (exact) mass is 880 g/mol. The van der Waals surface area contributed by atoms with Crippen molar-refractivity contribution < 1.29 is 33.8 Å². The zero-order chi connectivity index (χ0) is 45.2. The first-order valence-electron chi connectivity index (χ1n) is 23.1. The highest BCUT2D eigenvalue weighted by Gasteiger charge is 2.23. The molecular weight excluding hydrogens is 807 g/mol.